The molecule has 0 aliphatic carbocycles. The molecule has 0 bridgehead atoms. The lowest BCUT2D eigenvalue weighted by Crippen LogP contribution is -2.48. The number of rotatable bonds is 1. The van der Waals surface area contributed by atoms with Gasteiger partial charge in [-0.15, -0.1) is 0 Å². The number of carbonyl (C=O) groups excluding carboxylic acids is 1. The van der Waals surface area contributed by atoms with Crippen LogP contribution < -0.4 is 10.1 Å². The molecule has 0 aromatic heterocycles. The second kappa shape index (κ2) is 5.02. The van der Waals surface area contributed by atoms with Gasteiger partial charge in [0.25, 0.3) is 0 Å². The van der Waals surface area contributed by atoms with Crippen molar-refractivity contribution in [2.24, 2.45) is 11.8 Å². The molecule has 1 aromatic rings. The van der Waals surface area contributed by atoms with Gasteiger partial charge in [0.15, 0.2) is 0 Å². The zero-order valence-electron chi connectivity index (χ0n) is 12.4. The Morgan fingerprint density at radius 3 is 3.10 bits per heavy atom. The molecule has 21 heavy (non-hydrogen) atoms. The minimum Gasteiger partial charge on any atom is -0.492 e. The lowest BCUT2D eigenvalue weighted by Gasteiger charge is -2.33. The van der Waals surface area contributed by atoms with E-state index in [9.17, 15) is 4.79 Å². The zero-order valence-corrected chi connectivity index (χ0v) is 12.4. The highest BCUT2D eigenvalue weighted by Gasteiger charge is 2.46. The first-order valence-electron chi connectivity index (χ1n) is 7.97. The number of ether oxygens (including phenoxy) is 1. The molecule has 0 saturated carbocycles. The number of amides is 1. The summed E-state index contributed by atoms with van der Waals surface area (Å²) in [6.07, 6.45) is 1.94. The Balaban J connectivity index is 1.53. The summed E-state index contributed by atoms with van der Waals surface area (Å²) in [4.78, 5) is 15.1. The molecule has 1 N–H and O–H groups in total. The van der Waals surface area contributed by atoms with Crippen LogP contribution in [-0.2, 0) is 11.2 Å². The number of benzene rings is 1. The van der Waals surface area contributed by atoms with Gasteiger partial charge in [-0.3, -0.25) is 4.79 Å². The molecule has 112 valence electrons. The number of likely N-dealkylation sites (tertiary alicyclic amines) is 1. The van der Waals surface area contributed by atoms with Crippen molar-refractivity contribution in [2.75, 3.05) is 19.7 Å². The Bertz CT molecular complexity index is 559. The van der Waals surface area contributed by atoms with E-state index in [1.807, 2.05) is 18.2 Å². The molecule has 0 spiro atoms. The molecule has 0 radical (unpaired) electrons. The number of nitrogens with zero attached hydrogens (tertiary/aromatic N) is 1. The first-order valence-corrected chi connectivity index (χ1v) is 7.97. The second-order valence-electron chi connectivity index (χ2n) is 6.64. The van der Waals surface area contributed by atoms with Gasteiger partial charge in [0.1, 0.15) is 12.4 Å². The highest BCUT2D eigenvalue weighted by Crippen LogP contribution is 2.35. The summed E-state index contributed by atoms with van der Waals surface area (Å²) >= 11 is 0. The van der Waals surface area contributed by atoms with Crippen molar-refractivity contribution < 1.29 is 9.53 Å². The fraction of sp³-hybridized carbons (Fsp3) is 0.588. The maximum absolute atomic E-state index is 13.0. The van der Waals surface area contributed by atoms with Crippen molar-refractivity contribution in [1.82, 2.24) is 10.2 Å². The number of carbonyl (C=O) groups is 1. The van der Waals surface area contributed by atoms with Crippen LogP contribution in [-0.4, -0.2) is 42.6 Å². The molecule has 4 nitrogen and oxygen atoms in total. The third kappa shape index (κ3) is 2.13. The Hall–Kier alpha value is -1.55. The van der Waals surface area contributed by atoms with Crippen LogP contribution in [0, 0.1) is 11.8 Å². The van der Waals surface area contributed by atoms with E-state index in [0.29, 0.717) is 24.6 Å². The van der Waals surface area contributed by atoms with Crippen LogP contribution in [0.1, 0.15) is 18.9 Å². The maximum Gasteiger partial charge on any atom is 0.230 e. The smallest absolute Gasteiger partial charge is 0.230 e. The summed E-state index contributed by atoms with van der Waals surface area (Å²) in [7, 11) is 0. The van der Waals surface area contributed by atoms with E-state index in [2.05, 4.69) is 23.2 Å². The van der Waals surface area contributed by atoms with Gasteiger partial charge < -0.3 is 15.0 Å². The predicted molar refractivity (Wildman–Crippen MR) is 80.2 cm³/mol. The summed E-state index contributed by atoms with van der Waals surface area (Å²) in [5.74, 6) is 1.84. The van der Waals surface area contributed by atoms with Gasteiger partial charge >= 0.3 is 0 Å². The van der Waals surface area contributed by atoms with Crippen LogP contribution in [0.2, 0.25) is 0 Å². The molecule has 1 amide bonds. The van der Waals surface area contributed by atoms with Crippen LogP contribution in [0.25, 0.3) is 0 Å². The summed E-state index contributed by atoms with van der Waals surface area (Å²) in [6.45, 7) is 4.71. The number of fused-ring (bicyclic) bond motifs is 2. The third-order valence-corrected chi connectivity index (χ3v) is 5.26. The average Bonchev–Trinajstić information content (AvgIpc) is 3.06. The van der Waals surface area contributed by atoms with Crippen LogP contribution >= 0.6 is 0 Å². The highest BCUT2D eigenvalue weighted by atomic mass is 16.5. The van der Waals surface area contributed by atoms with E-state index in [0.717, 1.165) is 37.2 Å². The van der Waals surface area contributed by atoms with Crippen molar-refractivity contribution in [3.8, 4) is 5.75 Å². The van der Waals surface area contributed by atoms with Crippen LogP contribution in [0.15, 0.2) is 24.3 Å². The topological polar surface area (TPSA) is 41.6 Å². The Kier molecular flexibility index (Phi) is 3.14. The first kappa shape index (κ1) is 13.1. The standard InChI is InChI=1S/C17H22N2O2/c1-11-6-13-8-18-9-15(13)19(11)17(20)14-7-12-4-2-3-5-16(12)21-10-14/h2-5,11,13-15,18H,6-10H2,1H3. The van der Waals surface area contributed by atoms with E-state index in [1.165, 1.54) is 0 Å². The third-order valence-electron chi connectivity index (χ3n) is 5.26. The fourth-order valence-corrected chi connectivity index (χ4v) is 4.24. The van der Waals surface area contributed by atoms with Crippen molar-refractivity contribution in [1.29, 1.82) is 0 Å². The summed E-state index contributed by atoms with van der Waals surface area (Å²) in [5, 5.41) is 3.42. The quantitative estimate of drug-likeness (QED) is 0.849. The number of hydrogen-bond acceptors (Lipinski definition) is 3. The summed E-state index contributed by atoms with van der Waals surface area (Å²) < 4.78 is 5.80. The molecule has 2 fully saturated rings. The normalized spacial score (nSPS) is 34.2. The SMILES string of the molecule is CC1CC2CNCC2N1C(=O)C1COc2ccccc2C1. The number of hydrogen-bond donors (Lipinski definition) is 1. The molecule has 3 aliphatic heterocycles. The molecule has 4 atom stereocenters. The molecular formula is C17H22N2O2. The van der Waals surface area contributed by atoms with Crippen molar-refractivity contribution >= 4 is 5.91 Å². The van der Waals surface area contributed by atoms with E-state index < -0.39 is 0 Å². The van der Waals surface area contributed by atoms with Gasteiger partial charge in [0.2, 0.25) is 5.91 Å². The molecule has 3 aliphatic rings. The van der Waals surface area contributed by atoms with Gasteiger partial charge in [0.05, 0.1) is 5.92 Å². The van der Waals surface area contributed by atoms with E-state index >= 15 is 0 Å². The fourth-order valence-electron chi connectivity index (χ4n) is 4.24. The molecule has 2 saturated heterocycles. The van der Waals surface area contributed by atoms with E-state index in [4.69, 9.17) is 4.74 Å². The molecule has 3 heterocycles. The largest absolute Gasteiger partial charge is 0.492 e. The van der Waals surface area contributed by atoms with Gasteiger partial charge in [0, 0.05) is 25.2 Å². The minimum atomic E-state index is -0.0262. The summed E-state index contributed by atoms with van der Waals surface area (Å²) in [6, 6.07) is 8.83. The van der Waals surface area contributed by atoms with Crippen LogP contribution in [0.3, 0.4) is 0 Å². The highest BCUT2D eigenvalue weighted by molar-refractivity contribution is 5.81. The average molecular weight is 286 g/mol. The Morgan fingerprint density at radius 1 is 1.33 bits per heavy atom. The van der Waals surface area contributed by atoms with Gasteiger partial charge in [-0.05, 0) is 37.3 Å². The molecule has 1 aromatic carbocycles. The Labute approximate surface area is 125 Å². The van der Waals surface area contributed by atoms with Crippen molar-refractivity contribution in [3.05, 3.63) is 29.8 Å². The molecule has 4 unspecified atom stereocenters. The molecule has 4 rings (SSSR count). The van der Waals surface area contributed by atoms with Gasteiger partial charge in [-0.2, -0.15) is 0 Å². The lowest BCUT2D eigenvalue weighted by atomic mass is 9.95. The van der Waals surface area contributed by atoms with Crippen molar-refractivity contribution in [3.63, 3.8) is 0 Å². The Morgan fingerprint density at radius 2 is 2.19 bits per heavy atom. The number of nitrogens with one attached hydrogen (secondary N) is 1. The minimum absolute atomic E-state index is 0.0262. The summed E-state index contributed by atoms with van der Waals surface area (Å²) in [5.41, 5.74) is 1.16. The first-order chi connectivity index (χ1) is 10.2. The van der Waals surface area contributed by atoms with E-state index in [1.54, 1.807) is 0 Å². The van der Waals surface area contributed by atoms with Gasteiger partial charge in [-0.25, -0.2) is 0 Å². The van der Waals surface area contributed by atoms with Crippen LogP contribution in [0.5, 0.6) is 5.75 Å². The van der Waals surface area contributed by atoms with Crippen LogP contribution in [0.4, 0.5) is 0 Å². The van der Waals surface area contributed by atoms with Gasteiger partial charge in [-0.1, -0.05) is 18.2 Å². The predicted octanol–water partition coefficient (Wildman–Crippen LogP) is 1.45. The van der Waals surface area contributed by atoms with E-state index in [-0.39, 0.29) is 11.8 Å². The second-order valence-corrected chi connectivity index (χ2v) is 6.64. The van der Waals surface area contributed by atoms with Crippen molar-refractivity contribution in [2.45, 2.75) is 31.8 Å². The maximum atomic E-state index is 13.0. The monoisotopic (exact) mass is 286 g/mol. The molecule has 4 heteroatoms. The number of para-hydroxylation sites is 1. The lowest BCUT2D eigenvalue weighted by molar-refractivity contribution is -0.139. The molecular weight excluding hydrogens is 264 g/mol. The zero-order chi connectivity index (χ0) is 14.4.